The molecule has 8 heteroatoms. The van der Waals surface area contributed by atoms with Crippen LogP contribution in [0.4, 0.5) is 0 Å². The second kappa shape index (κ2) is 10.2. The normalized spacial score (nSPS) is 15.2. The van der Waals surface area contributed by atoms with Crippen molar-refractivity contribution in [2.24, 2.45) is 17.3 Å². The van der Waals surface area contributed by atoms with Crippen molar-refractivity contribution in [3.05, 3.63) is 0 Å². The number of ether oxygens (including phenoxy) is 1. The van der Waals surface area contributed by atoms with Crippen molar-refractivity contribution in [3.63, 3.8) is 0 Å². The van der Waals surface area contributed by atoms with Gasteiger partial charge in [0.15, 0.2) is 0 Å². The van der Waals surface area contributed by atoms with E-state index in [4.69, 9.17) is 9.84 Å². The van der Waals surface area contributed by atoms with Gasteiger partial charge in [-0.05, 0) is 33.1 Å². The maximum Gasteiger partial charge on any atom is 0.311 e. The molecule has 3 unspecified atom stereocenters. The number of carbonyl (C=O) groups excluding carboxylic acids is 2. The fraction of sp³-hybridized carbons (Fsp3) is 0.812. The predicted octanol–water partition coefficient (Wildman–Crippen LogP) is 0.162. The van der Waals surface area contributed by atoms with Crippen LogP contribution in [0.3, 0.4) is 0 Å². The SMILES string of the molecule is CCC(CC(CC(C)(C)C(=O)OCC(O)CO)C(=O)O)C(=O)NC. The summed E-state index contributed by atoms with van der Waals surface area (Å²) >= 11 is 0. The minimum Gasteiger partial charge on any atom is -0.481 e. The van der Waals surface area contributed by atoms with E-state index in [-0.39, 0.29) is 25.4 Å². The second-order valence-electron chi connectivity index (χ2n) is 6.51. The van der Waals surface area contributed by atoms with E-state index in [1.54, 1.807) is 20.8 Å². The van der Waals surface area contributed by atoms with Crippen LogP contribution in [0.25, 0.3) is 0 Å². The average molecular weight is 347 g/mol. The number of esters is 1. The van der Waals surface area contributed by atoms with Crippen molar-refractivity contribution in [1.29, 1.82) is 0 Å². The molecule has 1 amide bonds. The number of rotatable bonds is 11. The van der Waals surface area contributed by atoms with Gasteiger partial charge in [0.1, 0.15) is 12.7 Å². The van der Waals surface area contributed by atoms with Gasteiger partial charge in [-0.1, -0.05) is 6.92 Å². The van der Waals surface area contributed by atoms with E-state index < -0.39 is 41.9 Å². The van der Waals surface area contributed by atoms with Crippen LogP contribution in [0.2, 0.25) is 0 Å². The fourth-order valence-corrected chi connectivity index (χ4v) is 2.40. The van der Waals surface area contributed by atoms with Crippen LogP contribution in [-0.2, 0) is 19.1 Å². The van der Waals surface area contributed by atoms with Gasteiger partial charge in [-0.25, -0.2) is 0 Å². The van der Waals surface area contributed by atoms with Crippen LogP contribution in [0, 0.1) is 17.3 Å². The third-order valence-corrected chi connectivity index (χ3v) is 3.96. The summed E-state index contributed by atoms with van der Waals surface area (Å²) in [5, 5.41) is 29.9. The number of aliphatic hydroxyl groups is 2. The zero-order valence-corrected chi connectivity index (χ0v) is 14.7. The third-order valence-electron chi connectivity index (χ3n) is 3.96. The lowest BCUT2D eigenvalue weighted by Gasteiger charge is -2.28. The Morgan fingerprint density at radius 1 is 1.21 bits per heavy atom. The van der Waals surface area contributed by atoms with E-state index in [2.05, 4.69) is 5.32 Å². The Morgan fingerprint density at radius 3 is 2.21 bits per heavy atom. The number of hydrogen-bond acceptors (Lipinski definition) is 6. The molecule has 0 aromatic heterocycles. The Hall–Kier alpha value is -1.67. The molecule has 0 aromatic rings. The van der Waals surface area contributed by atoms with Gasteiger partial charge >= 0.3 is 11.9 Å². The van der Waals surface area contributed by atoms with Crippen molar-refractivity contribution in [1.82, 2.24) is 5.32 Å². The summed E-state index contributed by atoms with van der Waals surface area (Å²) in [6.07, 6.45) is -0.541. The Kier molecular flexibility index (Phi) is 9.53. The van der Waals surface area contributed by atoms with E-state index in [0.29, 0.717) is 6.42 Å². The van der Waals surface area contributed by atoms with E-state index in [1.165, 1.54) is 7.05 Å². The fourth-order valence-electron chi connectivity index (χ4n) is 2.40. The highest BCUT2D eigenvalue weighted by Crippen LogP contribution is 2.31. The Labute approximate surface area is 142 Å². The zero-order chi connectivity index (χ0) is 18.9. The van der Waals surface area contributed by atoms with Crippen LogP contribution < -0.4 is 5.32 Å². The first-order valence-electron chi connectivity index (χ1n) is 7.99. The molecule has 0 heterocycles. The van der Waals surface area contributed by atoms with Crippen LogP contribution in [0.15, 0.2) is 0 Å². The van der Waals surface area contributed by atoms with Crippen LogP contribution in [0.1, 0.15) is 40.0 Å². The summed E-state index contributed by atoms with van der Waals surface area (Å²) in [5.74, 6) is -3.28. The molecule has 0 aliphatic carbocycles. The summed E-state index contributed by atoms with van der Waals surface area (Å²) in [7, 11) is 1.49. The summed E-state index contributed by atoms with van der Waals surface area (Å²) in [6, 6.07) is 0. The minimum atomic E-state index is -1.17. The first kappa shape index (κ1) is 22.3. The van der Waals surface area contributed by atoms with Crippen LogP contribution >= 0.6 is 0 Å². The number of hydrogen-bond donors (Lipinski definition) is 4. The molecule has 4 N–H and O–H groups in total. The summed E-state index contributed by atoms with van der Waals surface area (Å²) < 4.78 is 4.92. The number of carboxylic acid groups (broad SMARTS) is 1. The maximum atomic E-state index is 12.1. The highest BCUT2D eigenvalue weighted by Gasteiger charge is 2.37. The predicted molar refractivity (Wildman–Crippen MR) is 86.0 cm³/mol. The minimum absolute atomic E-state index is 0.00385. The van der Waals surface area contributed by atoms with E-state index in [1.807, 2.05) is 0 Å². The molecule has 8 nitrogen and oxygen atoms in total. The van der Waals surface area contributed by atoms with Gasteiger partial charge in [0.25, 0.3) is 0 Å². The largest absolute Gasteiger partial charge is 0.481 e. The second-order valence-corrected chi connectivity index (χ2v) is 6.51. The lowest BCUT2D eigenvalue weighted by atomic mass is 9.78. The lowest BCUT2D eigenvalue weighted by molar-refractivity contribution is -0.160. The van der Waals surface area contributed by atoms with Gasteiger partial charge in [0.05, 0.1) is 17.9 Å². The quantitative estimate of drug-likeness (QED) is 0.391. The Morgan fingerprint density at radius 2 is 1.79 bits per heavy atom. The molecule has 3 atom stereocenters. The van der Waals surface area contributed by atoms with Gasteiger partial charge in [0.2, 0.25) is 5.91 Å². The number of carbonyl (C=O) groups is 3. The number of aliphatic hydroxyl groups excluding tert-OH is 2. The first-order chi connectivity index (χ1) is 11.1. The molecule has 24 heavy (non-hydrogen) atoms. The van der Waals surface area contributed by atoms with E-state index in [9.17, 15) is 24.6 Å². The van der Waals surface area contributed by atoms with Crippen molar-refractivity contribution < 1.29 is 34.4 Å². The topological polar surface area (TPSA) is 133 Å². The van der Waals surface area contributed by atoms with Crippen LogP contribution in [-0.4, -0.2) is 59.5 Å². The number of aliphatic carboxylic acids is 1. The number of carboxylic acids is 1. The molecule has 0 spiro atoms. The summed E-state index contributed by atoms with van der Waals surface area (Å²) in [6.45, 7) is 4.02. The molecule has 0 fully saturated rings. The van der Waals surface area contributed by atoms with Gasteiger partial charge in [-0.3, -0.25) is 14.4 Å². The first-order valence-corrected chi connectivity index (χ1v) is 7.99. The molecule has 0 saturated heterocycles. The highest BCUT2D eigenvalue weighted by atomic mass is 16.5. The van der Waals surface area contributed by atoms with Crippen molar-refractivity contribution in [3.8, 4) is 0 Å². The standard InChI is InChI=1S/C16H29NO7/c1-5-10(13(20)17-4)6-11(14(21)22)7-16(2,3)15(23)24-9-12(19)8-18/h10-12,18-19H,5-9H2,1-4H3,(H,17,20)(H,21,22). The molecule has 0 aliphatic heterocycles. The number of amides is 1. The monoisotopic (exact) mass is 347 g/mol. The zero-order valence-electron chi connectivity index (χ0n) is 14.7. The van der Waals surface area contributed by atoms with E-state index in [0.717, 1.165) is 0 Å². The lowest BCUT2D eigenvalue weighted by Crippen LogP contribution is -2.36. The molecule has 0 aromatic carbocycles. The van der Waals surface area contributed by atoms with Crippen molar-refractivity contribution in [2.75, 3.05) is 20.3 Å². The molecular formula is C16H29NO7. The smallest absolute Gasteiger partial charge is 0.311 e. The average Bonchev–Trinajstić information content (AvgIpc) is 2.54. The Balaban J connectivity index is 4.92. The summed E-state index contributed by atoms with van der Waals surface area (Å²) in [5.41, 5.74) is -1.10. The third kappa shape index (κ3) is 7.27. The molecular weight excluding hydrogens is 318 g/mol. The van der Waals surface area contributed by atoms with Gasteiger partial charge in [-0.15, -0.1) is 0 Å². The van der Waals surface area contributed by atoms with Crippen LogP contribution in [0.5, 0.6) is 0 Å². The highest BCUT2D eigenvalue weighted by molar-refractivity contribution is 5.80. The van der Waals surface area contributed by atoms with Crippen molar-refractivity contribution >= 4 is 17.8 Å². The van der Waals surface area contributed by atoms with Gasteiger partial charge in [-0.2, -0.15) is 0 Å². The van der Waals surface area contributed by atoms with E-state index >= 15 is 0 Å². The summed E-state index contributed by atoms with van der Waals surface area (Å²) in [4.78, 5) is 35.4. The molecule has 0 saturated carbocycles. The molecule has 0 aliphatic rings. The molecule has 0 bridgehead atoms. The Bertz CT molecular complexity index is 436. The molecule has 0 rings (SSSR count). The molecule has 140 valence electrons. The maximum absolute atomic E-state index is 12.1. The number of nitrogens with one attached hydrogen (secondary N) is 1. The van der Waals surface area contributed by atoms with Crippen molar-refractivity contribution in [2.45, 2.75) is 46.1 Å². The van der Waals surface area contributed by atoms with Gasteiger partial charge < -0.3 is 25.4 Å². The molecule has 0 radical (unpaired) electrons. The van der Waals surface area contributed by atoms with Gasteiger partial charge in [0, 0.05) is 13.0 Å².